The first-order chi connectivity index (χ1) is 17.1. The highest BCUT2D eigenvalue weighted by molar-refractivity contribution is 8.17. The van der Waals surface area contributed by atoms with E-state index in [1.807, 2.05) is 60.7 Å². The van der Waals surface area contributed by atoms with Crippen LogP contribution in [-0.2, 0) is 11.3 Å². The molecule has 0 atom stereocenters. The van der Waals surface area contributed by atoms with E-state index < -0.39 is 0 Å². The summed E-state index contributed by atoms with van der Waals surface area (Å²) in [5, 5.41) is 0. The van der Waals surface area contributed by atoms with Crippen molar-refractivity contribution in [3.63, 3.8) is 0 Å². The van der Waals surface area contributed by atoms with Gasteiger partial charge in [0.2, 0.25) is 0 Å². The smallest absolute Gasteiger partial charge is 0.197 e. The lowest BCUT2D eigenvalue weighted by Crippen LogP contribution is -2.11. The quantitative estimate of drug-likeness (QED) is 0.0680. The van der Waals surface area contributed by atoms with Gasteiger partial charge < -0.3 is 4.74 Å². The summed E-state index contributed by atoms with van der Waals surface area (Å²) in [6, 6.07) is 32.7. The highest BCUT2D eigenvalue weighted by atomic mass is 32.2. The summed E-state index contributed by atoms with van der Waals surface area (Å²) in [4.78, 5) is 2.88. The van der Waals surface area contributed by atoms with Gasteiger partial charge in [-0.25, -0.2) is 8.78 Å². The van der Waals surface area contributed by atoms with E-state index in [0.29, 0.717) is 18.9 Å². The van der Waals surface area contributed by atoms with Gasteiger partial charge in [0.25, 0.3) is 0 Å². The standard InChI is InChI=1S/C28H23F2NOS3/c29-22-11-15-24(16-12-22)33-28(34-25-17-13-23(30)14-18-25)19-27(31-35-26-9-5-2-6-10-26)32-20-21-7-3-1-4-8-21/h1-18,28H,19-20H2/b31-27-. The number of rotatable bonds is 10. The molecule has 0 amide bonds. The molecule has 0 aliphatic carbocycles. The van der Waals surface area contributed by atoms with E-state index in [2.05, 4.69) is 0 Å². The number of hydrogen-bond donors (Lipinski definition) is 0. The van der Waals surface area contributed by atoms with Crippen LogP contribution in [-0.4, -0.2) is 10.5 Å². The van der Waals surface area contributed by atoms with Gasteiger partial charge in [0.1, 0.15) is 18.2 Å². The van der Waals surface area contributed by atoms with E-state index >= 15 is 0 Å². The van der Waals surface area contributed by atoms with Crippen LogP contribution in [0.15, 0.2) is 128 Å². The van der Waals surface area contributed by atoms with Crippen molar-refractivity contribution in [2.24, 2.45) is 4.40 Å². The third kappa shape index (κ3) is 8.76. The number of halogens is 2. The summed E-state index contributed by atoms with van der Waals surface area (Å²) in [6.45, 7) is 0.407. The third-order valence-electron chi connectivity index (χ3n) is 4.75. The van der Waals surface area contributed by atoms with Crippen molar-refractivity contribution >= 4 is 41.4 Å². The van der Waals surface area contributed by atoms with Crippen molar-refractivity contribution in [2.45, 2.75) is 32.3 Å². The Balaban J connectivity index is 1.54. The third-order valence-corrected chi connectivity index (χ3v) is 8.05. The molecule has 0 saturated heterocycles. The minimum atomic E-state index is -0.273. The van der Waals surface area contributed by atoms with Gasteiger partial charge in [-0.2, -0.15) is 4.40 Å². The Hall–Kier alpha value is -2.74. The second kappa shape index (κ2) is 13.4. The molecule has 178 valence electrons. The van der Waals surface area contributed by atoms with E-state index in [1.54, 1.807) is 47.8 Å². The Bertz CT molecular complexity index is 1160. The zero-order valence-electron chi connectivity index (χ0n) is 18.7. The van der Waals surface area contributed by atoms with E-state index in [4.69, 9.17) is 9.13 Å². The van der Waals surface area contributed by atoms with Gasteiger partial charge in [-0.3, -0.25) is 0 Å². The number of nitrogens with zero attached hydrogens (tertiary/aromatic N) is 1. The van der Waals surface area contributed by atoms with E-state index in [9.17, 15) is 8.78 Å². The molecule has 0 fully saturated rings. The molecule has 4 aromatic carbocycles. The van der Waals surface area contributed by atoms with Gasteiger partial charge in [0.05, 0.1) is 4.58 Å². The lowest BCUT2D eigenvalue weighted by molar-refractivity contribution is 0.286. The predicted octanol–water partition coefficient (Wildman–Crippen LogP) is 8.89. The van der Waals surface area contributed by atoms with Crippen molar-refractivity contribution in [3.05, 3.63) is 126 Å². The fourth-order valence-electron chi connectivity index (χ4n) is 3.03. The Kier molecular flexibility index (Phi) is 9.69. The average Bonchev–Trinajstić information content (AvgIpc) is 2.89. The molecule has 0 N–H and O–H groups in total. The molecule has 2 nitrogen and oxygen atoms in total. The Morgan fingerprint density at radius 3 is 1.71 bits per heavy atom. The highest BCUT2D eigenvalue weighted by Gasteiger charge is 2.18. The normalized spacial score (nSPS) is 11.6. The highest BCUT2D eigenvalue weighted by Crippen LogP contribution is 2.38. The maximum atomic E-state index is 13.5. The predicted molar refractivity (Wildman–Crippen MR) is 144 cm³/mol. The van der Waals surface area contributed by atoms with Gasteiger partial charge in [-0.15, -0.1) is 23.5 Å². The fraction of sp³-hybridized carbons (Fsp3) is 0.107. The maximum Gasteiger partial charge on any atom is 0.197 e. The largest absolute Gasteiger partial charge is 0.475 e. The Morgan fingerprint density at radius 1 is 0.657 bits per heavy atom. The molecule has 0 unspecified atom stereocenters. The SMILES string of the molecule is Fc1ccc(SC(C/C(=N/Sc2ccccc2)OCc2ccccc2)Sc2ccc(F)cc2)cc1. The molecule has 0 heterocycles. The minimum Gasteiger partial charge on any atom is -0.475 e. The summed E-state index contributed by atoms with van der Waals surface area (Å²) < 4.78 is 37.8. The maximum absolute atomic E-state index is 13.5. The lowest BCUT2D eigenvalue weighted by atomic mass is 10.2. The summed E-state index contributed by atoms with van der Waals surface area (Å²) in [6.07, 6.45) is 0.525. The molecule has 0 aliphatic rings. The lowest BCUT2D eigenvalue weighted by Gasteiger charge is -2.18. The summed E-state index contributed by atoms with van der Waals surface area (Å²) in [5.74, 6) is 0.0616. The zero-order chi connectivity index (χ0) is 24.3. The van der Waals surface area contributed by atoms with Crippen LogP contribution in [0.25, 0.3) is 0 Å². The van der Waals surface area contributed by atoms with Crippen molar-refractivity contribution in [1.29, 1.82) is 0 Å². The van der Waals surface area contributed by atoms with Crippen LogP contribution in [0.3, 0.4) is 0 Å². The first-order valence-corrected chi connectivity index (χ1v) is 13.5. The minimum absolute atomic E-state index is 0.0307. The van der Waals surface area contributed by atoms with Gasteiger partial charge in [-0.1, -0.05) is 48.5 Å². The van der Waals surface area contributed by atoms with Crippen molar-refractivity contribution in [3.8, 4) is 0 Å². The van der Waals surface area contributed by atoms with E-state index in [0.717, 1.165) is 20.2 Å². The molecule has 0 spiro atoms. The van der Waals surface area contributed by atoms with Crippen molar-refractivity contribution < 1.29 is 13.5 Å². The van der Waals surface area contributed by atoms with Crippen LogP contribution in [0.4, 0.5) is 8.78 Å². The second-order valence-electron chi connectivity index (χ2n) is 7.44. The van der Waals surface area contributed by atoms with Crippen LogP contribution < -0.4 is 0 Å². The number of benzene rings is 4. The summed E-state index contributed by atoms with van der Waals surface area (Å²) in [5.41, 5.74) is 1.05. The zero-order valence-corrected chi connectivity index (χ0v) is 21.2. The molecule has 0 saturated carbocycles. The van der Waals surface area contributed by atoms with Crippen LogP contribution in [0.5, 0.6) is 0 Å². The molecule has 0 bridgehead atoms. The summed E-state index contributed by atoms with van der Waals surface area (Å²) >= 11 is 4.57. The molecule has 0 aromatic heterocycles. The van der Waals surface area contributed by atoms with Gasteiger partial charge in [0.15, 0.2) is 5.90 Å². The molecular formula is C28H23F2NOS3. The van der Waals surface area contributed by atoms with Gasteiger partial charge in [0, 0.05) is 33.1 Å². The first kappa shape index (κ1) is 25.4. The molecule has 0 aliphatic heterocycles. The number of ether oxygens (including phenoxy) is 1. The Morgan fingerprint density at radius 2 is 1.17 bits per heavy atom. The van der Waals surface area contributed by atoms with Crippen molar-refractivity contribution in [2.75, 3.05) is 0 Å². The molecular weight excluding hydrogens is 501 g/mol. The van der Waals surface area contributed by atoms with Crippen LogP contribution in [0.1, 0.15) is 12.0 Å². The summed E-state index contributed by atoms with van der Waals surface area (Å²) in [7, 11) is 0. The number of thioether (sulfide) groups is 2. The van der Waals surface area contributed by atoms with E-state index in [-0.39, 0.29) is 16.2 Å². The molecule has 4 rings (SSSR count). The van der Waals surface area contributed by atoms with Crippen LogP contribution in [0.2, 0.25) is 0 Å². The average molecular weight is 524 g/mol. The van der Waals surface area contributed by atoms with E-state index in [1.165, 1.54) is 36.2 Å². The topological polar surface area (TPSA) is 21.6 Å². The van der Waals surface area contributed by atoms with Crippen LogP contribution >= 0.6 is 35.5 Å². The van der Waals surface area contributed by atoms with Gasteiger partial charge >= 0.3 is 0 Å². The monoisotopic (exact) mass is 523 g/mol. The molecule has 7 heteroatoms. The van der Waals surface area contributed by atoms with Crippen molar-refractivity contribution in [1.82, 2.24) is 0 Å². The Labute approximate surface area is 217 Å². The van der Waals surface area contributed by atoms with Gasteiger partial charge in [-0.05, 0) is 66.2 Å². The van der Waals surface area contributed by atoms with Crippen LogP contribution in [0, 0.1) is 11.6 Å². The first-order valence-electron chi connectivity index (χ1n) is 10.9. The number of hydrogen-bond acceptors (Lipinski definition) is 5. The molecule has 4 aromatic rings. The second-order valence-corrected chi connectivity index (χ2v) is 11.1. The molecule has 0 radical (unpaired) electrons. The fourth-order valence-corrected chi connectivity index (χ4v) is 6.15. The molecule has 35 heavy (non-hydrogen) atoms.